The molecule has 0 unspecified atom stereocenters. The SMILES string of the molecule is Cc1ccc(C2=NN3[C@@H](C2)c2cc(Cl)ccc2O[C@H]3c2ccccc2Br)cc1. The quantitative estimate of drug-likeness (QED) is 0.434. The van der Waals surface area contributed by atoms with Crippen molar-refractivity contribution in [2.24, 2.45) is 5.10 Å². The minimum Gasteiger partial charge on any atom is -0.464 e. The van der Waals surface area contributed by atoms with Crippen molar-refractivity contribution in [1.82, 2.24) is 5.01 Å². The van der Waals surface area contributed by atoms with Gasteiger partial charge in [-0.25, -0.2) is 5.01 Å². The zero-order valence-electron chi connectivity index (χ0n) is 15.3. The van der Waals surface area contributed by atoms with Crippen LogP contribution in [0.2, 0.25) is 5.02 Å². The standard InChI is InChI=1S/C23H18BrClN2O/c1-14-6-8-15(9-7-14)20-13-21-18-12-16(25)10-11-22(18)28-23(27(21)26-20)17-4-2-3-5-19(17)24/h2-12,21,23H,13H2,1H3/t21-,23-/m0/s1. The lowest BCUT2D eigenvalue weighted by Crippen LogP contribution is -2.33. The van der Waals surface area contributed by atoms with Crippen molar-refractivity contribution in [1.29, 1.82) is 0 Å². The summed E-state index contributed by atoms with van der Waals surface area (Å²) in [5.74, 6) is 0.867. The van der Waals surface area contributed by atoms with Crippen LogP contribution in [0.3, 0.4) is 0 Å². The Balaban J connectivity index is 1.62. The van der Waals surface area contributed by atoms with Gasteiger partial charge in [-0.3, -0.25) is 0 Å². The molecule has 0 saturated carbocycles. The first kappa shape index (κ1) is 17.8. The Morgan fingerprint density at radius 2 is 1.82 bits per heavy atom. The normalized spacial score (nSPS) is 20.2. The number of ether oxygens (including phenoxy) is 1. The summed E-state index contributed by atoms with van der Waals surface area (Å²) in [4.78, 5) is 0. The van der Waals surface area contributed by atoms with Crippen LogP contribution in [0, 0.1) is 6.92 Å². The minimum absolute atomic E-state index is 0.0934. The maximum atomic E-state index is 6.40. The summed E-state index contributed by atoms with van der Waals surface area (Å²) in [6.45, 7) is 2.10. The molecule has 2 atom stereocenters. The first-order chi connectivity index (χ1) is 13.6. The first-order valence-electron chi connectivity index (χ1n) is 9.23. The lowest BCUT2D eigenvalue weighted by atomic mass is 9.95. The van der Waals surface area contributed by atoms with Gasteiger partial charge in [-0.1, -0.05) is 75.6 Å². The maximum Gasteiger partial charge on any atom is 0.214 e. The van der Waals surface area contributed by atoms with Crippen LogP contribution in [0.5, 0.6) is 5.75 Å². The van der Waals surface area contributed by atoms with Crippen molar-refractivity contribution >= 4 is 33.2 Å². The van der Waals surface area contributed by atoms with Crippen LogP contribution >= 0.6 is 27.5 Å². The van der Waals surface area contributed by atoms with Crippen LogP contribution in [-0.2, 0) is 0 Å². The zero-order valence-corrected chi connectivity index (χ0v) is 17.6. The number of nitrogens with zero attached hydrogens (tertiary/aromatic N) is 2. The molecule has 0 bridgehead atoms. The molecule has 5 rings (SSSR count). The van der Waals surface area contributed by atoms with E-state index in [1.165, 1.54) is 5.56 Å². The summed E-state index contributed by atoms with van der Waals surface area (Å²) in [6.07, 6.45) is 0.526. The van der Waals surface area contributed by atoms with Gasteiger partial charge in [0.25, 0.3) is 0 Å². The average Bonchev–Trinajstić information content (AvgIpc) is 3.14. The summed E-state index contributed by atoms with van der Waals surface area (Å²) in [6, 6.07) is 22.6. The van der Waals surface area contributed by atoms with Crippen molar-refractivity contribution < 1.29 is 4.74 Å². The predicted molar refractivity (Wildman–Crippen MR) is 116 cm³/mol. The number of halogens is 2. The topological polar surface area (TPSA) is 24.8 Å². The van der Waals surface area contributed by atoms with Gasteiger partial charge < -0.3 is 4.74 Å². The Hall–Kier alpha value is -2.30. The highest BCUT2D eigenvalue weighted by molar-refractivity contribution is 9.10. The van der Waals surface area contributed by atoms with Crippen LogP contribution in [0.1, 0.15) is 40.9 Å². The van der Waals surface area contributed by atoms with Gasteiger partial charge in [-0.15, -0.1) is 0 Å². The van der Waals surface area contributed by atoms with E-state index in [1.807, 2.05) is 36.4 Å². The second-order valence-electron chi connectivity index (χ2n) is 7.19. The Morgan fingerprint density at radius 1 is 1.04 bits per heavy atom. The fraction of sp³-hybridized carbons (Fsp3) is 0.174. The highest BCUT2D eigenvalue weighted by Gasteiger charge is 2.41. The van der Waals surface area contributed by atoms with Gasteiger partial charge in [0.15, 0.2) is 0 Å². The molecule has 0 saturated heterocycles. The summed E-state index contributed by atoms with van der Waals surface area (Å²) >= 11 is 9.97. The van der Waals surface area contributed by atoms with Gasteiger partial charge in [0.2, 0.25) is 6.23 Å². The molecule has 0 aromatic heterocycles. The molecule has 0 N–H and O–H groups in total. The van der Waals surface area contributed by atoms with Crippen LogP contribution in [0.25, 0.3) is 0 Å². The maximum absolute atomic E-state index is 6.40. The molecule has 2 aliphatic rings. The molecule has 2 heterocycles. The smallest absolute Gasteiger partial charge is 0.214 e. The Morgan fingerprint density at radius 3 is 2.61 bits per heavy atom. The second-order valence-corrected chi connectivity index (χ2v) is 8.48. The molecular weight excluding hydrogens is 436 g/mol. The molecule has 140 valence electrons. The third kappa shape index (κ3) is 3.01. The van der Waals surface area contributed by atoms with E-state index in [0.29, 0.717) is 5.02 Å². The monoisotopic (exact) mass is 452 g/mol. The highest BCUT2D eigenvalue weighted by Crippen LogP contribution is 2.49. The van der Waals surface area contributed by atoms with Crippen molar-refractivity contribution in [2.45, 2.75) is 25.6 Å². The summed E-state index contributed by atoms with van der Waals surface area (Å²) in [5.41, 5.74) is 5.60. The Labute approximate surface area is 177 Å². The molecule has 0 spiro atoms. The third-order valence-corrected chi connectivity index (χ3v) is 6.27. The number of hydrazone groups is 1. The zero-order chi connectivity index (χ0) is 19.3. The first-order valence-corrected chi connectivity index (χ1v) is 10.4. The van der Waals surface area contributed by atoms with Gasteiger partial charge >= 0.3 is 0 Å². The van der Waals surface area contributed by atoms with Crippen molar-refractivity contribution in [3.63, 3.8) is 0 Å². The number of rotatable bonds is 2. The minimum atomic E-state index is -0.294. The molecule has 0 fully saturated rings. The molecule has 3 aromatic carbocycles. The van der Waals surface area contributed by atoms with Crippen LogP contribution in [-0.4, -0.2) is 10.7 Å². The molecule has 28 heavy (non-hydrogen) atoms. The fourth-order valence-electron chi connectivity index (χ4n) is 3.86. The molecule has 5 heteroatoms. The largest absolute Gasteiger partial charge is 0.464 e. The molecule has 3 aromatic rings. The number of hydrogen-bond donors (Lipinski definition) is 0. The third-order valence-electron chi connectivity index (χ3n) is 5.31. The van der Waals surface area contributed by atoms with E-state index in [9.17, 15) is 0 Å². The average molecular weight is 454 g/mol. The van der Waals surface area contributed by atoms with Gasteiger partial charge in [0.05, 0.1) is 11.8 Å². The van der Waals surface area contributed by atoms with Crippen molar-refractivity contribution in [3.05, 3.63) is 98.5 Å². The van der Waals surface area contributed by atoms with Gasteiger partial charge in [-0.05, 0) is 36.8 Å². The number of hydrogen-bond acceptors (Lipinski definition) is 3. The van der Waals surface area contributed by atoms with E-state index in [1.54, 1.807) is 0 Å². The van der Waals surface area contributed by atoms with Crippen molar-refractivity contribution in [2.75, 3.05) is 0 Å². The van der Waals surface area contributed by atoms with Gasteiger partial charge in [0.1, 0.15) is 5.75 Å². The molecule has 3 nitrogen and oxygen atoms in total. The lowest BCUT2D eigenvalue weighted by molar-refractivity contribution is -0.0194. The van der Waals surface area contributed by atoms with E-state index in [-0.39, 0.29) is 12.3 Å². The van der Waals surface area contributed by atoms with Crippen LogP contribution in [0.15, 0.2) is 76.3 Å². The summed E-state index contributed by atoms with van der Waals surface area (Å²) < 4.78 is 7.41. The van der Waals surface area contributed by atoms with E-state index in [2.05, 4.69) is 58.2 Å². The predicted octanol–water partition coefficient (Wildman–Crippen LogP) is 6.65. The molecule has 0 radical (unpaired) electrons. The molecular formula is C23H18BrClN2O. The van der Waals surface area contributed by atoms with Gasteiger partial charge in [-0.2, -0.15) is 5.10 Å². The molecule has 0 aliphatic carbocycles. The number of aryl methyl sites for hydroxylation is 1. The van der Waals surface area contributed by atoms with Crippen LogP contribution in [0.4, 0.5) is 0 Å². The van der Waals surface area contributed by atoms with E-state index in [0.717, 1.165) is 39.0 Å². The summed E-state index contributed by atoms with van der Waals surface area (Å²) in [5, 5.41) is 7.79. The van der Waals surface area contributed by atoms with E-state index in [4.69, 9.17) is 21.4 Å². The van der Waals surface area contributed by atoms with E-state index >= 15 is 0 Å². The van der Waals surface area contributed by atoms with Gasteiger partial charge in [0, 0.05) is 27.0 Å². The van der Waals surface area contributed by atoms with Crippen LogP contribution < -0.4 is 4.74 Å². The fourth-order valence-corrected chi connectivity index (χ4v) is 4.52. The van der Waals surface area contributed by atoms with E-state index < -0.39 is 0 Å². The molecule has 2 aliphatic heterocycles. The molecule has 0 amide bonds. The second kappa shape index (κ2) is 6.94. The number of benzene rings is 3. The Kier molecular flexibility index (Phi) is 4.41. The van der Waals surface area contributed by atoms with Crippen molar-refractivity contribution in [3.8, 4) is 5.75 Å². The number of fused-ring (bicyclic) bond motifs is 3. The lowest BCUT2D eigenvalue weighted by Gasteiger charge is -2.38. The summed E-state index contributed by atoms with van der Waals surface area (Å²) in [7, 11) is 0. The Bertz CT molecular complexity index is 1080. The highest BCUT2D eigenvalue weighted by atomic mass is 79.9.